The predicted molar refractivity (Wildman–Crippen MR) is 95.1 cm³/mol. The van der Waals surface area contributed by atoms with Crippen LogP contribution < -0.4 is 11.1 Å². The second kappa shape index (κ2) is 13.2. The summed E-state index contributed by atoms with van der Waals surface area (Å²) >= 11 is 0. The molecule has 0 atom stereocenters. The monoisotopic (exact) mass is 341 g/mol. The Morgan fingerprint density at radius 2 is 1.79 bits per heavy atom. The summed E-state index contributed by atoms with van der Waals surface area (Å²) in [5, 5.41) is 4.32. The molecule has 6 heteroatoms. The maximum atomic E-state index is 12.5. The van der Waals surface area contributed by atoms with Crippen molar-refractivity contribution < 1.29 is 14.4 Å². The number of unbranched alkanes of at least 4 members (excludes halogenated alkanes) is 3. The van der Waals surface area contributed by atoms with Crippen LogP contribution in [0.25, 0.3) is 0 Å². The number of carbonyl (C=O) groups is 2. The second-order valence-electron chi connectivity index (χ2n) is 6.65. The van der Waals surface area contributed by atoms with Crippen molar-refractivity contribution in [3.8, 4) is 0 Å². The number of hydrogen-bond acceptors (Lipinski definition) is 4. The Morgan fingerprint density at radius 3 is 2.46 bits per heavy atom. The van der Waals surface area contributed by atoms with Crippen molar-refractivity contribution in [2.75, 3.05) is 19.6 Å². The Kier molecular flexibility index (Phi) is 11.5. The fraction of sp³-hybridized carbons (Fsp3) is 0.889. The zero-order valence-electron chi connectivity index (χ0n) is 15.2. The molecule has 0 spiro atoms. The Bertz CT molecular complexity index is 357. The highest BCUT2D eigenvalue weighted by Crippen LogP contribution is 2.22. The molecule has 0 saturated heterocycles. The van der Waals surface area contributed by atoms with Crippen LogP contribution in [-0.2, 0) is 14.4 Å². The Balaban J connectivity index is 2.36. The molecule has 0 bridgehead atoms. The number of rotatable bonds is 12. The summed E-state index contributed by atoms with van der Waals surface area (Å²) in [6, 6.07) is 0. The summed E-state index contributed by atoms with van der Waals surface area (Å²) in [4.78, 5) is 29.4. The van der Waals surface area contributed by atoms with Gasteiger partial charge in [-0.3, -0.25) is 14.4 Å². The topological polar surface area (TPSA) is 84.7 Å². The van der Waals surface area contributed by atoms with Gasteiger partial charge < -0.3 is 11.1 Å². The van der Waals surface area contributed by atoms with Gasteiger partial charge in [-0.15, -0.1) is 0 Å². The molecule has 1 rings (SSSR count). The lowest BCUT2D eigenvalue weighted by Crippen LogP contribution is -2.38. The van der Waals surface area contributed by atoms with Gasteiger partial charge in [0.05, 0.1) is 12.6 Å². The Labute approximate surface area is 146 Å². The van der Waals surface area contributed by atoms with E-state index in [2.05, 4.69) is 5.32 Å². The Morgan fingerprint density at radius 1 is 1.08 bits per heavy atom. The van der Waals surface area contributed by atoms with E-state index < -0.39 is 0 Å². The smallest absolute Gasteiger partial charge is 0.246 e. The standard InChI is InChI=1S/C18H35N3O3/c1-16(22)20-14-9-15-21(24-17-10-5-4-6-11-17)18(23)12-7-2-3-8-13-19/h17H,2-15,19H2,1H3,(H,20,22). The van der Waals surface area contributed by atoms with E-state index in [-0.39, 0.29) is 17.9 Å². The number of nitrogens with one attached hydrogen (secondary N) is 1. The molecule has 1 aliphatic rings. The van der Waals surface area contributed by atoms with Crippen LogP contribution in [0.3, 0.4) is 0 Å². The number of hydrogen-bond donors (Lipinski definition) is 2. The highest BCUT2D eigenvalue weighted by atomic mass is 16.7. The van der Waals surface area contributed by atoms with E-state index in [1.165, 1.54) is 26.2 Å². The minimum Gasteiger partial charge on any atom is -0.356 e. The fourth-order valence-corrected chi connectivity index (χ4v) is 2.97. The van der Waals surface area contributed by atoms with Gasteiger partial charge in [-0.1, -0.05) is 32.1 Å². The SMILES string of the molecule is CC(=O)NCCCN(OC1CCCCC1)C(=O)CCCCCCN. The highest BCUT2D eigenvalue weighted by Gasteiger charge is 2.21. The van der Waals surface area contributed by atoms with E-state index in [4.69, 9.17) is 10.6 Å². The van der Waals surface area contributed by atoms with Crippen molar-refractivity contribution >= 4 is 11.8 Å². The van der Waals surface area contributed by atoms with E-state index >= 15 is 0 Å². The second-order valence-corrected chi connectivity index (χ2v) is 6.65. The third-order valence-electron chi connectivity index (χ3n) is 4.36. The van der Waals surface area contributed by atoms with Crippen LogP contribution in [0.15, 0.2) is 0 Å². The van der Waals surface area contributed by atoms with Crippen LogP contribution >= 0.6 is 0 Å². The summed E-state index contributed by atoms with van der Waals surface area (Å²) in [5.41, 5.74) is 5.49. The van der Waals surface area contributed by atoms with E-state index in [1.54, 1.807) is 5.06 Å². The maximum absolute atomic E-state index is 12.5. The molecule has 0 aromatic heterocycles. The first-order chi connectivity index (χ1) is 11.6. The molecule has 1 fully saturated rings. The largest absolute Gasteiger partial charge is 0.356 e. The third-order valence-corrected chi connectivity index (χ3v) is 4.36. The molecule has 140 valence electrons. The van der Waals surface area contributed by atoms with Gasteiger partial charge >= 0.3 is 0 Å². The molecule has 1 aliphatic carbocycles. The van der Waals surface area contributed by atoms with Crippen LogP contribution in [-0.4, -0.2) is 42.6 Å². The predicted octanol–water partition coefficient (Wildman–Crippen LogP) is 2.51. The summed E-state index contributed by atoms with van der Waals surface area (Å²) in [5.74, 6) is 0.0251. The molecule has 0 aromatic rings. The lowest BCUT2D eigenvalue weighted by atomic mass is 9.98. The van der Waals surface area contributed by atoms with Gasteiger partial charge in [0.2, 0.25) is 11.8 Å². The number of carbonyl (C=O) groups excluding carboxylic acids is 2. The van der Waals surface area contributed by atoms with Gasteiger partial charge in [-0.25, -0.2) is 5.06 Å². The first kappa shape index (κ1) is 20.9. The van der Waals surface area contributed by atoms with Crippen LogP contribution in [0.5, 0.6) is 0 Å². The maximum Gasteiger partial charge on any atom is 0.246 e. The summed E-state index contributed by atoms with van der Waals surface area (Å²) in [6.07, 6.45) is 11.1. The van der Waals surface area contributed by atoms with Gasteiger partial charge in [-0.05, 0) is 38.6 Å². The van der Waals surface area contributed by atoms with Crippen LogP contribution in [0.4, 0.5) is 0 Å². The molecule has 0 radical (unpaired) electrons. The third kappa shape index (κ3) is 9.88. The lowest BCUT2D eigenvalue weighted by Gasteiger charge is -2.29. The summed E-state index contributed by atoms with van der Waals surface area (Å²) < 4.78 is 0. The number of hydroxylamine groups is 2. The molecule has 24 heavy (non-hydrogen) atoms. The van der Waals surface area contributed by atoms with Gasteiger partial charge in [0, 0.05) is 19.9 Å². The van der Waals surface area contributed by atoms with Crippen molar-refractivity contribution in [3.05, 3.63) is 0 Å². The van der Waals surface area contributed by atoms with E-state index in [0.717, 1.165) is 38.5 Å². The molecule has 3 N–H and O–H groups in total. The molecular formula is C18H35N3O3. The van der Waals surface area contributed by atoms with Crippen molar-refractivity contribution in [1.82, 2.24) is 10.4 Å². The van der Waals surface area contributed by atoms with Crippen LogP contribution in [0.2, 0.25) is 0 Å². The van der Waals surface area contributed by atoms with Crippen molar-refractivity contribution in [1.29, 1.82) is 0 Å². The van der Waals surface area contributed by atoms with E-state index in [9.17, 15) is 9.59 Å². The highest BCUT2D eigenvalue weighted by molar-refractivity contribution is 5.75. The van der Waals surface area contributed by atoms with Gasteiger partial charge in [0.15, 0.2) is 0 Å². The normalized spacial score (nSPS) is 15.2. The van der Waals surface area contributed by atoms with Crippen LogP contribution in [0, 0.1) is 0 Å². The van der Waals surface area contributed by atoms with Gasteiger partial charge in [0.25, 0.3) is 0 Å². The quantitative estimate of drug-likeness (QED) is 0.422. The van der Waals surface area contributed by atoms with Crippen molar-refractivity contribution in [2.45, 2.75) is 83.7 Å². The molecule has 6 nitrogen and oxygen atoms in total. The number of nitrogens with two attached hydrogens (primary N) is 1. The summed E-state index contributed by atoms with van der Waals surface area (Å²) in [7, 11) is 0. The molecule has 0 unspecified atom stereocenters. The zero-order valence-corrected chi connectivity index (χ0v) is 15.2. The molecule has 2 amide bonds. The minimum atomic E-state index is -0.0408. The van der Waals surface area contributed by atoms with Crippen LogP contribution in [0.1, 0.15) is 77.6 Å². The lowest BCUT2D eigenvalue weighted by molar-refractivity contribution is -0.211. The van der Waals surface area contributed by atoms with E-state index in [1.807, 2.05) is 0 Å². The molecule has 0 heterocycles. The molecule has 1 saturated carbocycles. The average Bonchev–Trinajstić information content (AvgIpc) is 2.58. The average molecular weight is 341 g/mol. The number of nitrogens with zero attached hydrogens (tertiary/aromatic N) is 1. The van der Waals surface area contributed by atoms with Gasteiger partial charge in [0.1, 0.15) is 0 Å². The fourth-order valence-electron chi connectivity index (χ4n) is 2.97. The number of amides is 2. The minimum absolute atomic E-state index is 0.0408. The molecule has 0 aliphatic heterocycles. The Hall–Kier alpha value is -1.14. The van der Waals surface area contributed by atoms with Crippen molar-refractivity contribution in [3.63, 3.8) is 0 Å². The summed E-state index contributed by atoms with van der Waals surface area (Å²) in [6.45, 7) is 3.33. The van der Waals surface area contributed by atoms with Crippen molar-refractivity contribution in [2.24, 2.45) is 5.73 Å². The first-order valence-corrected chi connectivity index (χ1v) is 9.55. The van der Waals surface area contributed by atoms with Gasteiger partial charge in [-0.2, -0.15) is 0 Å². The molecule has 0 aromatic carbocycles. The first-order valence-electron chi connectivity index (χ1n) is 9.55. The zero-order chi connectivity index (χ0) is 17.6. The van der Waals surface area contributed by atoms with E-state index in [0.29, 0.717) is 32.5 Å². The molecular weight excluding hydrogens is 306 g/mol.